The molecule has 136 valence electrons. The van der Waals surface area contributed by atoms with Crippen LogP contribution in [0.5, 0.6) is 0 Å². The van der Waals surface area contributed by atoms with E-state index in [9.17, 15) is 4.79 Å². The summed E-state index contributed by atoms with van der Waals surface area (Å²) in [4.78, 5) is 14.6. The van der Waals surface area contributed by atoms with Gasteiger partial charge in [0.1, 0.15) is 0 Å². The molecule has 3 nitrogen and oxygen atoms in total. The molecule has 0 aromatic heterocycles. The number of hydrogen-bond donors (Lipinski definition) is 0. The minimum absolute atomic E-state index is 0.152. The van der Waals surface area contributed by atoms with Crippen LogP contribution in [0, 0.1) is 0 Å². The molecule has 0 bridgehead atoms. The monoisotopic (exact) mass is 349 g/mol. The molecule has 0 saturated carbocycles. The van der Waals surface area contributed by atoms with Gasteiger partial charge in [0, 0.05) is 19.5 Å². The van der Waals surface area contributed by atoms with Crippen molar-refractivity contribution in [2.75, 3.05) is 13.1 Å². The molecular formula is C23H27NO2. The van der Waals surface area contributed by atoms with Crippen molar-refractivity contribution in [3.05, 3.63) is 71.3 Å². The number of ether oxygens (including phenoxy) is 1. The first kappa shape index (κ1) is 17.3. The first-order chi connectivity index (χ1) is 12.8. The van der Waals surface area contributed by atoms with Crippen LogP contribution in [0.25, 0.3) is 0 Å². The molecule has 0 aliphatic carbocycles. The topological polar surface area (TPSA) is 29.5 Å². The SMILES string of the molecule is O=C(CCCCc1ccccc1)N1CCC2(CC1)OCc1ccccc12. The lowest BCUT2D eigenvalue weighted by Gasteiger charge is -2.39. The molecule has 3 heteroatoms. The van der Waals surface area contributed by atoms with Crippen LogP contribution in [0.3, 0.4) is 0 Å². The highest BCUT2D eigenvalue weighted by Crippen LogP contribution is 2.44. The molecule has 1 amide bonds. The lowest BCUT2D eigenvalue weighted by molar-refractivity contribution is -0.138. The molecule has 2 aliphatic heterocycles. The highest BCUT2D eigenvalue weighted by Gasteiger charge is 2.42. The molecule has 1 saturated heterocycles. The number of amides is 1. The van der Waals surface area contributed by atoms with E-state index in [1.165, 1.54) is 16.7 Å². The lowest BCUT2D eigenvalue weighted by Crippen LogP contribution is -2.45. The van der Waals surface area contributed by atoms with Gasteiger partial charge < -0.3 is 9.64 Å². The van der Waals surface area contributed by atoms with Crippen LogP contribution < -0.4 is 0 Å². The molecule has 26 heavy (non-hydrogen) atoms. The Hall–Kier alpha value is -2.13. The number of unbranched alkanes of at least 4 members (excludes halogenated alkanes) is 1. The van der Waals surface area contributed by atoms with Crippen molar-refractivity contribution in [1.29, 1.82) is 0 Å². The summed E-state index contributed by atoms with van der Waals surface area (Å²) in [6.07, 6.45) is 5.59. The van der Waals surface area contributed by atoms with Crippen LogP contribution in [0.1, 0.15) is 48.8 Å². The number of aryl methyl sites for hydroxylation is 1. The maximum absolute atomic E-state index is 12.5. The molecule has 4 rings (SSSR count). The molecule has 0 N–H and O–H groups in total. The third-order valence-electron chi connectivity index (χ3n) is 5.88. The van der Waals surface area contributed by atoms with Gasteiger partial charge in [0.2, 0.25) is 5.91 Å². The van der Waals surface area contributed by atoms with Crippen molar-refractivity contribution in [1.82, 2.24) is 4.90 Å². The third kappa shape index (κ3) is 3.54. The number of likely N-dealkylation sites (tertiary alicyclic amines) is 1. The second kappa shape index (κ2) is 7.63. The van der Waals surface area contributed by atoms with Crippen LogP contribution in [0.15, 0.2) is 54.6 Å². The molecule has 0 radical (unpaired) electrons. The zero-order chi connectivity index (χ0) is 17.8. The van der Waals surface area contributed by atoms with Crippen LogP contribution in [0.4, 0.5) is 0 Å². The zero-order valence-electron chi connectivity index (χ0n) is 15.3. The Morgan fingerprint density at radius 3 is 2.50 bits per heavy atom. The van der Waals surface area contributed by atoms with Gasteiger partial charge in [-0.3, -0.25) is 4.79 Å². The van der Waals surface area contributed by atoms with E-state index in [2.05, 4.69) is 48.5 Å². The summed E-state index contributed by atoms with van der Waals surface area (Å²) in [5.41, 5.74) is 3.86. The van der Waals surface area contributed by atoms with Gasteiger partial charge in [0.25, 0.3) is 0 Å². The van der Waals surface area contributed by atoms with Crippen LogP contribution in [0.2, 0.25) is 0 Å². The minimum Gasteiger partial charge on any atom is -0.365 e. The number of carbonyl (C=O) groups is 1. The highest BCUT2D eigenvalue weighted by molar-refractivity contribution is 5.76. The van der Waals surface area contributed by atoms with Crippen LogP contribution >= 0.6 is 0 Å². The number of hydrogen-bond acceptors (Lipinski definition) is 2. The van der Waals surface area contributed by atoms with Crippen molar-refractivity contribution in [2.45, 2.75) is 50.7 Å². The molecule has 1 fully saturated rings. The van der Waals surface area contributed by atoms with Crippen molar-refractivity contribution >= 4 is 5.91 Å². The van der Waals surface area contributed by atoms with E-state index in [1.807, 2.05) is 11.0 Å². The van der Waals surface area contributed by atoms with Gasteiger partial charge in [-0.2, -0.15) is 0 Å². The van der Waals surface area contributed by atoms with E-state index in [4.69, 9.17) is 4.74 Å². The molecule has 2 heterocycles. The van der Waals surface area contributed by atoms with Crippen molar-refractivity contribution in [3.8, 4) is 0 Å². The molecule has 1 spiro atoms. The third-order valence-corrected chi connectivity index (χ3v) is 5.88. The summed E-state index contributed by atoms with van der Waals surface area (Å²) < 4.78 is 6.19. The van der Waals surface area contributed by atoms with Gasteiger partial charge >= 0.3 is 0 Å². The van der Waals surface area contributed by atoms with Crippen molar-refractivity contribution < 1.29 is 9.53 Å². The van der Waals surface area contributed by atoms with Gasteiger partial charge in [-0.1, -0.05) is 54.6 Å². The highest BCUT2D eigenvalue weighted by atomic mass is 16.5. The average Bonchev–Trinajstić information content (AvgIpc) is 3.05. The lowest BCUT2D eigenvalue weighted by atomic mass is 9.83. The number of piperidine rings is 1. The summed E-state index contributed by atoms with van der Waals surface area (Å²) >= 11 is 0. The fraction of sp³-hybridized carbons (Fsp3) is 0.435. The standard InChI is InChI=1S/C23H27NO2/c25-22(13-7-4-10-19-8-2-1-3-9-19)24-16-14-23(15-17-24)21-12-6-5-11-20(21)18-26-23/h1-3,5-6,8-9,11-12H,4,7,10,13-18H2. The fourth-order valence-electron chi connectivity index (χ4n) is 4.32. The van der Waals surface area contributed by atoms with Gasteiger partial charge in [-0.25, -0.2) is 0 Å². The van der Waals surface area contributed by atoms with Gasteiger partial charge in [-0.15, -0.1) is 0 Å². The number of nitrogens with zero attached hydrogens (tertiary/aromatic N) is 1. The number of fused-ring (bicyclic) bond motifs is 2. The van der Waals surface area contributed by atoms with Crippen molar-refractivity contribution in [3.63, 3.8) is 0 Å². The number of benzene rings is 2. The average molecular weight is 349 g/mol. The Labute approximate surface area is 156 Å². The fourth-order valence-corrected chi connectivity index (χ4v) is 4.32. The van der Waals surface area contributed by atoms with E-state index in [0.29, 0.717) is 18.9 Å². The number of rotatable bonds is 5. The maximum atomic E-state index is 12.5. The summed E-state index contributed by atoms with van der Waals surface area (Å²) in [5, 5.41) is 0. The van der Waals surface area contributed by atoms with E-state index in [-0.39, 0.29) is 5.60 Å². The Morgan fingerprint density at radius 2 is 1.69 bits per heavy atom. The van der Waals surface area contributed by atoms with E-state index in [0.717, 1.165) is 45.2 Å². The van der Waals surface area contributed by atoms with E-state index < -0.39 is 0 Å². The summed E-state index contributed by atoms with van der Waals surface area (Å²) in [7, 11) is 0. The molecule has 2 aliphatic rings. The first-order valence-corrected chi connectivity index (χ1v) is 9.81. The van der Waals surface area contributed by atoms with Gasteiger partial charge in [0.05, 0.1) is 12.2 Å². The second-order valence-corrected chi connectivity index (χ2v) is 7.51. The number of carbonyl (C=O) groups excluding carboxylic acids is 1. The normalized spacial score (nSPS) is 18.1. The summed E-state index contributed by atoms with van der Waals surface area (Å²) in [5.74, 6) is 0.305. The van der Waals surface area contributed by atoms with Crippen LogP contribution in [-0.2, 0) is 28.2 Å². The quantitative estimate of drug-likeness (QED) is 0.747. The first-order valence-electron chi connectivity index (χ1n) is 9.81. The molecule has 2 aromatic carbocycles. The van der Waals surface area contributed by atoms with E-state index >= 15 is 0 Å². The minimum atomic E-state index is -0.152. The van der Waals surface area contributed by atoms with Crippen molar-refractivity contribution in [2.24, 2.45) is 0 Å². The van der Waals surface area contributed by atoms with Gasteiger partial charge in [-0.05, 0) is 48.8 Å². The molecule has 0 atom stereocenters. The molecular weight excluding hydrogens is 322 g/mol. The molecule has 2 aromatic rings. The predicted molar refractivity (Wildman–Crippen MR) is 103 cm³/mol. The summed E-state index contributed by atoms with van der Waals surface area (Å²) in [6, 6.07) is 19.0. The Balaban J connectivity index is 1.24. The molecule has 0 unspecified atom stereocenters. The van der Waals surface area contributed by atoms with Crippen LogP contribution in [-0.4, -0.2) is 23.9 Å². The Kier molecular flexibility index (Phi) is 5.07. The van der Waals surface area contributed by atoms with Gasteiger partial charge in [0.15, 0.2) is 0 Å². The van der Waals surface area contributed by atoms with E-state index in [1.54, 1.807) is 0 Å². The Morgan fingerprint density at radius 1 is 0.962 bits per heavy atom. The smallest absolute Gasteiger partial charge is 0.222 e. The largest absolute Gasteiger partial charge is 0.365 e. The zero-order valence-corrected chi connectivity index (χ0v) is 15.3. The predicted octanol–water partition coefficient (Wildman–Crippen LogP) is 4.45. The maximum Gasteiger partial charge on any atom is 0.222 e. The summed E-state index contributed by atoms with van der Waals surface area (Å²) in [6.45, 7) is 2.33. The Bertz CT molecular complexity index is 748. The second-order valence-electron chi connectivity index (χ2n) is 7.51.